The molecule has 6 heteroatoms. The van der Waals surface area contributed by atoms with Crippen LogP contribution in [0.3, 0.4) is 0 Å². The molecule has 1 aromatic rings. The fourth-order valence-corrected chi connectivity index (χ4v) is 3.22. The summed E-state index contributed by atoms with van der Waals surface area (Å²) in [6.07, 6.45) is 3.74. The fraction of sp³-hybridized carbons (Fsp3) is 0.429. The van der Waals surface area contributed by atoms with E-state index >= 15 is 0 Å². The molecule has 0 saturated carbocycles. The molecule has 1 aliphatic rings. The number of ether oxygens (including phenoxy) is 2. The van der Waals surface area contributed by atoms with Crippen molar-refractivity contribution in [2.45, 2.75) is 26.9 Å². The Labute approximate surface area is 121 Å². The number of carbonyl (C=O) groups excluding carboxylic acids is 2. The van der Waals surface area contributed by atoms with Crippen molar-refractivity contribution in [3.63, 3.8) is 0 Å². The maximum atomic E-state index is 12.1. The van der Waals surface area contributed by atoms with Crippen molar-refractivity contribution in [2.75, 3.05) is 18.5 Å². The van der Waals surface area contributed by atoms with E-state index in [2.05, 4.69) is 5.32 Å². The van der Waals surface area contributed by atoms with Gasteiger partial charge in [0, 0.05) is 4.88 Å². The van der Waals surface area contributed by atoms with E-state index in [-0.39, 0.29) is 11.9 Å². The largest absolute Gasteiger partial charge is 0.462 e. The lowest BCUT2D eigenvalue weighted by atomic mass is 10.1. The van der Waals surface area contributed by atoms with Crippen LogP contribution in [0.25, 0.3) is 0 Å². The van der Waals surface area contributed by atoms with Crippen LogP contribution in [0.5, 0.6) is 0 Å². The molecule has 20 heavy (non-hydrogen) atoms. The fourth-order valence-electron chi connectivity index (χ4n) is 2.04. The van der Waals surface area contributed by atoms with Crippen molar-refractivity contribution >= 4 is 28.2 Å². The molecule has 1 aromatic heterocycles. The molecule has 1 aliphatic heterocycles. The van der Waals surface area contributed by atoms with Crippen LogP contribution in [-0.4, -0.2) is 25.1 Å². The molecule has 0 radical (unpaired) electrons. The average molecular weight is 295 g/mol. The Hall–Kier alpha value is -1.66. The van der Waals surface area contributed by atoms with Crippen molar-refractivity contribution in [3.8, 4) is 0 Å². The molecule has 2 rings (SSSR count). The first-order valence-corrected chi connectivity index (χ1v) is 7.32. The summed E-state index contributed by atoms with van der Waals surface area (Å²) < 4.78 is 10.5. The van der Waals surface area contributed by atoms with E-state index in [0.29, 0.717) is 36.8 Å². The predicted molar refractivity (Wildman–Crippen MR) is 77.1 cm³/mol. The molecule has 1 amide bonds. The number of fused-ring (bicyclic) bond motifs is 1. The van der Waals surface area contributed by atoms with Crippen molar-refractivity contribution in [1.82, 2.24) is 0 Å². The molecule has 0 saturated heterocycles. The van der Waals surface area contributed by atoms with Gasteiger partial charge < -0.3 is 14.8 Å². The summed E-state index contributed by atoms with van der Waals surface area (Å²) in [6.45, 7) is 4.89. The van der Waals surface area contributed by atoms with E-state index in [1.807, 2.05) is 0 Å². The zero-order valence-electron chi connectivity index (χ0n) is 11.5. The SMILES string of the molecule is C/C=C/C(=O)Nc1sc2c(c1C(=O)OCC)CCOC2. The molecule has 108 valence electrons. The van der Waals surface area contributed by atoms with E-state index in [9.17, 15) is 9.59 Å². The Morgan fingerprint density at radius 3 is 3.00 bits per heavy atom. The number of thiophene rings is 1. The molecule has 0 unspecified atom stereocenters. The lowest BCUT2D eigenvalue weighted by molar-refractivity contribution is -0.111. The van der Waals surface area contributed by atoms with Crippen LogP contribution in [0, 0.1) is 0 Å². The smallest absolute Gasteiger partial charge is 0.341 e. The van der Waals surface area contributed by atoms with Gasteiger partial charge in [-0.3, -0.25) is 4.79 Å². The Morgan fingerprint density at radius 2 is 2.30 bits per heavy atom. The number of allylic oxidation sites excluding steroid dienone is 1. The molecular formula is C14H17NO4S. The summed E-state index contributed by atoms with van der Waals surface area (Å²) in [7, 11) is 0. The number of nitrogens with one attached hydrogen (secondary N) is 1. The Kier molecular flexibility index (Phi) is 4.92. The lowest BCUT2D eigenvalue weighted by Crippen LogP contribution is -2.15. The molecule has 0 aromatic carbocycles. The third kappa shape index (κ3) is 3.08. The van der Waals surface area contributed by atoms with E-state index in [1.165, 1.54) is 17.4 Å². The van der Waals surface area contributed by atoms with E-state index in [1.54, 1.807) is 19.9 Å². The number of esters is 1. The number of rotatable bonds is 4. The minimum Gasteiger partial charge on any atom is -0.462 e. The van der Waals surface area contributed by atoms with Crippen LogP contribution in [0.15, 0.2) is 12.2 Å². The molecule has 2 heterocycles. The van der Waals surface area contributed by atoms with E-state index in [0.717, 1.165) is 10.4 Å². The van der Waals surface area contributed by atoms with Gasteiger partial charge in [-0.2, -0.15) is 0 Å². The number of hydrogen-bond acceptors (Lipinski definition) is 5. The van der Waals surface area contributed by atoms with Crippen LogP contribution >= 0.6 is 11.3 Å². The van der Waals surface area contributed by atoms with Crippen molar-refractivity contribution in [2.24, 2.45) is 0 Å². The van der Waals surface area contributed by atoms with Gasteiger partial charge in [-0.05, 0) is 31.9 Å². The zero-order chi connectivity index (χ0) is 14.5. The first kappa shape index (κ1) is 14.7. The highest BCUT2D eigenvalue weighted by atomic mass is 32.1. The van der Waals surface area contributed by atoms with Gasteiger partial charge >= 0.3 is 5.97 Å². The minimum atomic E-state index is -0.386. The maximum Gasteiger partial charge on any atom is 0.341 e. The summed E-state index contributed by atoms with van der Waals surface area (Å²) >= 11 is 1.38. The summed E-state index contributed by atoms with van der Waals surface area (Å²) in [4.78, 5) is 24.8. The molecule has 0 spiro atoms. The zero-order valence-corrected chi connectivity index (χ0v) is 12.3. The number of hydrogen-bond donors (Lipinski definition) is 1. The van der Waals surface area contributed by atoms with Gasteiger partial charge in [0.15, 0.2) is 0 Å². The van der Waals surface area contributed by atoms with E-state index in [4.69, 9.17) is 9.47 Å². The second-order valence-corrected chi connectivity index (χ2v) is 5.33. The quantitative estimate of drug-likeness (QED) is 0.685. The lowest BCUT2D eigenvalue weighted by Gasteiger charge is -2.13. The van der Waals surface area contributed by atoms with Gasteiger partial charge in [0.05, 0.1) is 25.4 Å². The van der Waals surface area contributed by atoms with Gasteiger partial charge in [0.25, 0.3) is 0 Å². The second kappa shape index (κ2) is 6.67. The van der Waals surface area contributed by atoms with Gasteiger partial charge in [-0.25, -0.2) is 4.79 Å². The molecule has 0 atom stereocenters. The summed E-state index contributed by atoms with van der Waals surface area (Å²) in [5.74, 6) is -0.639. The Morgan fingerprint density at radius 1 is 1.50 bits per heavy atom. The minimum absolute atomic E-state index is 0.252. The van der Waals surface area contributed by atoms with E-state index < -0.39 is 0 Å². The molecule has 0 aliphatic carbocycles. The van der Waals surface area contributed by atoms with Gasteiger partial charge in [-0.1, -0.05) is 6.08 Å². The highest BCUT2D eigenvalue weighted by molar-refractivity contribution is 7.17. The predicted octanol–water partition coefficient (Wildman–Crippen LogP) is 2.51. The normalized spacial score (nSPS) is 14.1. The van der Waals surface area contributed by atoms with Crippen LogP contribution in [0.2, 0.25) is 0 Å². The second-order valence-electron chi connectivity index (χ2n) is 4.22. The summed E-state index contributed by atoms with van der Waals surface area (Å²) in [5, 5.41) is 3.29. The van der Waals surface area contributed by atoms with Crippen molar-refractivity contribution in [1.29, 1.82) is 0 Å². The third-order valence-electron chi connectivity index (χ3n) is 2.85. The standard InChI is InChI=1S/C14H17NO4S/c1-3-5-11(16)15-13-12(14(17)19-4-2)9-6-7-18-8-10(9)20-13/h3,5H,4,6-8H2,1-2H3,(H,15,16)/b5-3+. The first-order valence-electron chi connectivity index (χ1n) is 6.50. The number of carbonyl (C=O) groups is 2. The highest BCUT2D eigenvalue weighted by Gasteiger charge is 2.27. The summed E-state index contributed by atoms with van der Waals surface area (Å²) in [6, 6.07) is 0. The Bertz CT molecular complexity index is 548. The highest BCUT2D eigenvalue weighted by Crippen LogP contribution is 2.37. The molecule has 0 fully saturated rings. The third-order valence-corrected chi connectivity index (χ3v) is 3.98. The number of anilines is 1. The van der Waals surface area contributed by atoms with Crippen LogP contribution in [0.4, 0.5) is 5.00 Å². The van der Waals surface area contributed by atoms with Gasteiger partial charge in [-0.15, -0.1) is 11.3 Å². The van der Waals surface area contributed by atoms with Crippen molar-refractivity contribution < 1.29 is 19.1 Å². The molecule has 0 bridgehead atoms. The van der Waals surface area contributed by atoms with Crippen LogP contribution in [0.1, 0.15) is 34.6 Å². The molecule has 5 nitrogen and oxygen atoms in total. The number of amides is 1. The molecular weight excluding hydrogens is 278 g/mol. The Balaban J connectivity index is 2.36. The van der Waals surface area contributed by atoms with Crippen LogP contribution in [-0.2, 0) is 27.3 Å². The average Bonchev–Trinajstić information content (AvgIpc) is 2.76. The summed E-state index contributed by atoms with van der Waals surface area (Å²) in [5.41, 5.74) is 1.42. The topological polar surface area (TPSA) is 64.6 Å². The van der Waals surface area contributed by atoms with Gasteiger partial charge in [0.2, 0.25) is 5.91 Å². The van der Waals surface area contributed by atoms with Crippen molar-refractivity contribution in [3.05, 3.63) is 28.2 Å². The maximum absolute atomic E-state index is 12.1. The monoisotopic (exact) mass is 295 g/mol. The molecule has 1 N–H and O–H groups in total. The van der Waals surface area contributed by atoms with Crippen LogP contribution < -0.4 is 5.32 Å². The first-order chi connectivity index (χ1) is 9.67. The van der Waals surface area contributed by atoms with Gasteiger partial charge in [0.1, 0.15) is 5.00 Å².